The first-order chi connectivity index (χ1) is 18.1. The van der Waals surface area contributed by atoms with Crippen molar-refractivity contribution in [1.29, 1.82) is 0 Å². The molecule has 5 nitrogen and oxygen atoms in total. The summed E-state index contributed by atoms with van der Waals surface area (Å²) in [6, 6.07) is 8.09. The van der Waals surface area contributed by atoms with Crippen molar-refractivity contribution in [1.82, 2.24) is 4.90 Å². The van der Waals surface area contributed by atoms with E-state index in [1.807, 2.05) is 13.0 Å². The Morgan fingerprint density at radius 2 is 1.84 bits per heavy atom. The van der Waals surface area contributed by atoms with Crippen LogP contribution in [0.3, 0.4) is 0 Å². The molecule has 1 N–H and O–H groups in total. The van der Waals surface area contributed by atoms with Gasteiger partial charge in [-0.15, -0.1) is 0 Å². The van der Waals surface area contributed by atoms with E-state index in [-0.39, 0.29) is 29.4 Å². The minimum atomic E-state index is -2.93. The lowest BCUT2D eigenvalue weighted by atomic mass is 9.79. The minimum absolute atomic E-state index is 0.107. The van der Waals surface area contributed by atoms with Gasteiger partial charge in [0.25, 0.3) is 0 Å². The Kier molecular flexibility index (Phi) is 7.57. The molecule has 5 rings (SSSR count). The second kappa shape index (κ2) is 10.6. The largest absolute Gasteiger partial charge is 0.484 e. The number of carboxylic acid groups (broad SMARTS) is 1. The van der Waals surface area contributed by atoms with Crippen LogP contribution in [0.15, 0.2) is 30.3 Å². The van der Waals surface area contributed by atoms with Gasteiger partial charge in [0.15, 0.2) is 11.6 Å². The zero-order chi connectivity index (χ0) is 27.2. The van der Waals surface area contributed by atoms with Gasteiger partial charge in [0.05, 0.1) is 5.92 Å². The van der Waals surface area contributed by atoms with E-state index in [1.165, 1.54) is 12.1 Å². The Morgan fingerprint density at radius 1 is 1.13 bits per heavy atom. The molecule has 2 aromatic rings. The first kappa shape index (κ1) is 27.1. The molecule has 9 heteroatoms. The van der Waals surface area contributed by atoms with Crippen LogP contribution in [0.5, 0.6) is 11.5 Å². The molecule has 0 amide bonds. The van der Waals surface area contributed by atoms with Gasteiger partial charge in [-0.1, -0.05) is 30.7 Å². The van der Waals surface area contributed by atoms with Crippen molar-refractivity contribution in [2.75, 3.05) is 13.1 Å². The average Bonchev–Trinajstić information content (AvgIpc) is 3.72. The van der Waals surface area contributed by atoms with Crippen molar-refractivity contribution in [3.63, 3.8) is 0 Å². The standard InChI is InChI=1S/C29H33ClF3NO4/c1-16(27(35)36)24(18-3-4-18)21-7-5-19-9-10-29(38-26(19)25(21)31)11-13-34(14-12-29)17(2)22-15-20(30)6-8-23(22)37-28(32)33/h5-8,15-18,24,28H,3-4,9-14H2,1-2H3,(H,35,36)/t16-,17?,24?/m0/s1. The number of hydrogen-bond acceptors (Lipinski definition) is 4. The number of alkyl halides is 2. The van der Waals surface area contributed by atoms with E-state index in [4.69, 9.17) is 21.1 Å². The number of piperidine rings is 1. The Balaban J connectivity index is 1.33. The van der Waals surface area contributed by atoms with E-state index < -0.39 is 29.9 Å². The number of halogens is 4. The number of fused-ring (bicyclic) bond motifs is 1. The maximum Gasteiger partial charge on any atom is 0.387 e. The lowest BCUT2D eigenvalue weighted by molar-refractivity contribution is -0.142. The van der Waals surface area contributed by atoms with Gasteiger partial charge >= 0.3 is 12.6 Å². The van der Waals surface area contributed by atoms with Crippen LogP contribution < -0.4 is 9.47 Å². The van der Waals surface area contributed by atoms with Gasteiger partial charge in [-0.2, -0.15) is 8.78 Å². The summed E-state index contributed by atoms with van der Waals surface area (Å²) in [6.07, 6.45) is 4.58. The SMILES string of the molecule is CC(c1cc(Cl)ccc1OC(F)F)N1CCC2(CCc3ccc(C(C4CC4)[C@H](C)C(=O)O)c(F)c3O2)CC1. The Bertz CT molecular complexity index is 1200. The summed E-state index contributed by atoms with van der Waals surface area (Å²) in [7, 11) is 0. The maximum absolute atomic E-state index is 16.0. The number of aryl methyl sites for hydroxylation is 1. The molecule has 2 fully saturated rings. The normalized spacial score (nSPS) is 21.4. The summed E-state index contributed by atoms with van der Waals surface area (Å²) in [5.74, 6) is -1.83. The highest BCUT2D eigenvalue weighted by atomic mass is 35.5. The molecule has 3 aliphatic rings. The molecular weight excluding hydrogens is 519 g/mol. The monoisotopic (exact) mass is 551 g/mol. The summed E-state index contributed by atoms with van der Waals surface area (Å²) in [5, 5.41) is 10.1. The summed E-state index contributed by atoms with van der Waals surface area (Å²) in [6.45, 7) is 1.94. The van der Waals surface area contributed by atoms with Gasteiger partial charge in [-0.3, -0.25) is 9.69 Å². The predicted molar refractivity (Wildman–Crippen MR) is 138 cm³/mol. The highest BCUT2D eigenvalue weighted by Gasteiger charge is 2.44. The molecule has 1 aliphatic carbocycles. The second-order valence-corrected chi connectivity index (χ2v) is 11.4. The van der Waals surface area contributed by atoms with Crippen LogP contribution in [-0.2, 0) is 11.2 Å². The molecule has 0 radical (unpaired) electrons. The lowest BCUT2D eigenvalue weighted by Gasteiger charge is -2.46. The average molecular weight is 552 g/mol. The molecule has 1 saturated carbocycles. The molecule has 3 atom stereocenters. The number of ether oxygens (including phenoxy) is 2. The van der Waals surface area contributed by atoms with E-state index in [0.717, 1.165) is 24.8 Å². The molecule has 1 spiro atoms. The Hall–Kier alpha value is -2.45. The summed E-state index contributed by atoms with van der Waals surface area (Å²) < 4.78 is 53.1. The van der Waals surface area contributed by atoms with E-state index >= 15 is 4.39 Å². The van der Waals surface area contributed by atoms with Crippen molar-refractivity contribution in [2.45, 2.75) is 76.5 Å². The van der Waals surface area contributed by atoms with Crippen LogP contribution in [0.1, 0.15) is 74.6 Å². The zero-order valence-electron chi connectivity index (χ0n) is 21.6. The molecule has 2 unspecified atom stereocenters. The van der Waals surface area contributed by atoms with E-state index in [0.29, 0.717) is 48.5 Å². The quantitative estimate of drug-likeness (QED) is 0.375. The van der Waals surface area contributed by atoms with Crippen LogP contribution in [0.2, 0.25) is 5.02 Å². The van der Waals surface area contributed by atoms with E-state index in [2.05, 4.69) is 4.90 Å². The Morgan fingerprint density at radius 3 is 2.47 bits per heavy atom. The van der Waals surface area contributed by atoms with Crippen molar-refractivity contribution in [3.05, 3.63) is 57.9 Å². The van der Waals surface area contributed by atoms with Gasteiger partial charge in [0, 0.05) is 35.6 Å². The van der Waals surface area contributed by atoms with E-state index in [9.17, 15) is 18.7 Å². The van der Waals surface area contributed by atoms with Crippen molar-refractivity contribution < 1.29 is 32.5 Å². The maximum atomic E-state index is 16.0. The summed E-state index contributed by atoms with van der Waals surface area (Å²) in [4.78, 5) is 13.9. The van der Waals surface area contributed by atoms with Gasteiger partial charge in [0.2, 0.25) is 0 Å². The third kappa shape index (κ3) is 5.34. The van der Waals surface area contributed by atoms with Crippen LogP contribution in [-0.4, -0.2) is 41.3 Å². The Labute approximate surface area is 225 Å². The molecule has 38 heavy (non-hydrogen) atoms. The van der Waals surface area contributed by atoms with Crippen molar-refractivity contribution in [2.24, 2.45) is 11.8 Å². The highest BCUT2D eigenvalue weighted by molar-refractivity contribution is 6.30. The smallest absolute Gasteiger partial charge is 0.387 e. The fraction of sp³-hybridized carbons (Fsp3) is 0.552. The number of carboxylic acids is 1. The third-order valence-corrected chi connectivity index (χ3v) is 8.92. The van der Waals surface area contributed by atoms with Gasteiger partial charge in [-0.25, -0.2) is 4.39 Å². The molecule has 2 aromatic carbocycles. The first-order valence-corrected chi connectivity index (χ1v) is 13.7. The van der Waals surface area contributed by atoms with Crippen LogP contribution in [0.4, 0.5) is 13.2 Å². The summed E-state index contributed by atoms with van der Waals surface area (Å²) >= 11 is 6.16. The molecule has 0 aromatic heterocycles. The van der Waals surface area contributed by atoms with Crippen molar-refractivity contribution >= 4 is 17.6 Å². The predicted octanol–water partition coefficient (Wildman–Crippen LogP) is 7.22. The van der Waals surface area contributed by atoms with Crippen LogP contribution >= 0.6 is 11.6 Å². The van der Waals surface area contributed by atoms with Crippen LogP contribution in [0.25, 0.3) is 0 Å². The third-order valence-electron chi connectivity index (χ3n) is 8.69. The van der Waals surface area contributed by atoms with Gasteiger partial charge in [0.1, 0.15) is 11.4 Å². The number of benzene rings is 2. The topological polar surface area (TPSA) is 59.0 Å². The van der Waals surface area contributed by atoms with Gasteiger partial charge in [-0.05, 0) is 80.7 Å². The fourth-order valence-electron chi connectivity index (χ4n) is 6.26. The number of rotatable bonds is 8. The first-order valence-electron chi connectivity index (χ1n) is 13.3. The second-order valence-electron chi connectivity index (χ2n) is 11.0. The molecule has 1 saturated heterocycles. The van der Waals surface area contributed by atoms with E-state index in [1.54, 1.807) is 19.1 Å². The number of carbonyl (C=O) groups is 1. The molecule has 0 bridgehead atoms. The van der Waals surface area contributed by atoms with Crippen molar-refractivity contribution in [3.8, 4) is 11.5 Å². The molecule has 2 aliphatic heterocycles. The fourth-order valence-corrected chi connectivity index (χ4v) is 6.44. The minimum Gasteiger partial charge on any atom is -0.484 e. The molecule has 206 valence electrons. The number of likely N-dealkylation sites (tertiary alicyclic amines) is 1. The summed E-state index contributed by atoms with van der Waals surface area (Å²) in [5.41, 5.74) is 1.33. The number of nitrogens with zero attached hydrogens (tertiary/aromatic N) is 1. The van der Waals surface area contributed by atoms with Gasteiger partial charge < -0.3 is 14.6 Å². The lowest BCUT2D eigenvalue weighted by Crippen LogP contribution is -2.50. The molecular formula is C29H33ClF3NO4. The van der Waals surface area contributed by atoms with Crippen LogP contribution in [0, 0.1) is 17.7 Å². The zero-order valence-corrected chi connectivity index (χ0v) is 22.3. The molecule has 2 heterocycles. The number of aliphatic carboxylic acids is 1. The highest BCUT2D eigenvalue weighted by Crippen LogP contribution is 2.50. The number of hydrogen-bond donors (Lipinski definition) is 1.